The average Bonchev–Trinajstić information content (AvgIpc) is 3.46. The van der Waals surface area contributed by atoms with E-state index in [9.17, 15) is 0 Å². The number of H-pyrrole nitrogens is 1. The topological polar surface area (TPSA) is 74.9 Å². The van der Waals surface area contributed by atoms with Crippen LogP contribution in [0.4, 0.5) is 5.69 Å². The lowest BCUT2D eigenvalue weighted by atomic mass is 10.0. The molecule has 2 aromatic carbocycles. The van der Waals surface area contributed by atoms with E-state index >= 15 is 0 Å². The van der Waals surface area contributed by atoms with Crippen LogP contribution in [0.25, 0.3) is 33.6 Å². The summed E-state index contributed by atoms with van der Waals surface area (Å²) >= 11 is 0. The van der Waals surface area contributed by atoms with Gasteiger partial charge in [0.25, 0.3) is 0 Å². The van der Waals surface area contributed by atoms with Crippen LogP contribution >= 0.6 is 0 Å². The third kappa shape index (κ3) is 3.08. The van der Waals surface area contributed by atoms with Crippen molar-refractivity contribution in [2.45, 2.75) is 13.1 Å². The van der Waals surface area contributed by atoms with Crippen LogP contribution < -0.4 is 11.1 Å². The molecule has 5 rings (SSSR count). The van der Waals surface area contributed by atoms with Gasteiger partial charge in [0.05, 0.1) is 29.3 Å². The number of aromatic nitrogens is 3. The molecule has 0 amide bonds. The molecule has 0 unspecified atom stereocenters. The standard InChI is InChI=1S/C25H26N6/c1-16(27-3)24-23-15-30(17(2)22-11-6-12-28-22)13-14-31(23)25(29-24)20-9-4-8-19-18(20)7-5-10-21(19)26/h4-12,27-28H,1-2,13-15,26H2,3H3. The minimum Gasteiger partial charge on any atom is -0.398 e. The van der Waals surface area contributed by atoms with Crippen molar-refractivity contribution in [3.63, 3.8) is 0 Å². The summed E-state index contributed by atoms with van der Waals surface area (Å²) in [5.41, 5.74) is 13.0. The molecule has 4 N–H and O–H groups in total. The van der Waals surface area contributed by atoms with Gasteiger partial charge in [0.1, 0.15) is 11.5 Å². The van der Waals surface area contributed by atoms with Crippen molar-refractivity contribution in [2.75, 3.05) is 19.3 Å². The monoisotopic (exact) mass is 410 g/mol. The van der Waals surface area contributed by atoms with E-state index in [0.717, 1.165) is 69.4 Å². The first-order chi connectivity index (χ1) is 15.1. The number of nitrogens with zero attached hydrogens (tertiary/aromatic N) is 3. The summed E-state index contributed by atoms with van der Waals surface area (Å²) in [5.74, 6) is 0.947. The molecule has 4 aromatic rings. The van der Waals surface area contributed by atoms with E-state index in [1.54, 1.807) is 0 Å². The number of rotatable bonds is 5. The maximum Gasteiger partial charge on any atom is 0.141 e. The molecule has 0 fully saturated rings. The summed E-state index contributed by atoms with van der Waals surface area (Å²) in [4.78, 5) is 10.6. The molecule has 0 bridgehead atoms. The summed E-state index contributed by atoms with van der Waals surface area (Å²) in [5, 5.41) is 5.33. The second kappa shape index (κ2) is 7.40. The number of imidazole rings is 1. The van der Waals surface area contributed by atoms with Crippen molar-refractivity contribution in [2.24, 2.45) is 0 Å². The molecular weight excluding hydrogens is 384 g/mol. The largest absolute Gasteiger partial charge is 0.398 e. The van der Waals surface area contributed by atoms with Crippen molar-refractivity contribution in [1.82, 2.24) is 24.8 Å². The van der Waals surface area contributed by atoms with E-state index in [2.05, 4.69) is 51.1 Å². The highest BCUT2D eigenvalue weighted by atomic mass is 15.2. The van der Waals surface area contributed by atoms with Crippen LogP contribution in [0.3, 0.4) is 0 Å². The summed E-state index contributed by atoms with van der Waals surface area (Å²) in [6.07, 6.45) is 1.92. The number of nitrogens with two attached hydrogens (primary N) is 1. The van der Waals surface area contributed by atoms with Crippen molar-refractivity contribution in [1.29, 1.82) is 0 Å². The Balaban J connectivity index is 1.64. The zero-order chi connectivity index (χ0) is 21.5. The number of aromatic amines is 1. The van der Waals surface area contributed by atoms with E-state index in [0.29, 0.717) is 6.54 Å². The second-order valence-corrected chi connectivity index (χ2v) is 7.81. The van der Waals surface area contributed by atoms with Gasteiger partial charge in [-0.25, -0.2) is 4.98 Å². The minimum atomic E-state index is 0.716. The van der Waals surface area contributed by atoms with E-state index in [1.165, 1.54) is 0 Å². The molecule has 6 nitrogen and oxygen atoms in total. The molecule has 0 aliphatic carbocycles. The van der Waals surface area contributed by atoms with Crippen molar-refractivity contribution < 1.29 is 0 Å². The molecule has 31 heavy (non-hydrogen) atoms. The SMILES string of the molecule is C=C(NC)c1nc(-c2cccc3c(N)cccc23)n2c1CN(C(=C)c1ccc[nH]1)CC2. The van der Waals surface area contributed by atoms with Gasteiger partial charge >= 0.3 is 0 Å². The first-order valence-corrected chi connectivity index (χ1v) is 10.4. The number of fused-ring (bicyclic) bond motifs is 2. The van der Waals surface area contributed by atoms with Crippen LogP contribution in [-0.2, 0) is 13.1 Å². The first kappa shape index (κ1) is 19.1. The Bertz CT molecular complexity index is 1300. The molecule has 0 saturated heterocycles. The number of anilines is 1. The van der Waals surface area contributed by atoms with Crippen molar-refractivity contribution in [3.05, 3.63) is 85.0 Å². The molecule has 156 valence electrons. The third-order valence-corrected chi connectivity index (χ3v) is 6.08. The summed E-state index contributed by atoms with van der Waals surface area (Å²) in [6.45, 7) is 10.9. The minimum absolute atomic E-state index is 0.716. The van der Waals surface area contributed by atoms with Crippen LogP contribution in [0.15, 0.2) is 67.9 Å². The number of nitrogens with one attached hydrogen (secondary N) is 2. The molecule has 0 saturated carbocycles. The Morgan fingerprint density at radius 1 is 1.06 bits per heavy atom. The lowest BCUT2D eigenvalue weighted by Crippen LogP contribution is -2.33. The Morgan fingerprint density at radius 3 is 2.65 bits per heavy atom. The van der Waals surface area contributed by atoms with Gasteiger partial charge in [-0.15, -0.1) is 0 Å². The van der Waals surface area contributed by atoms with Gasteiger partial charge < -0.3 is 25.5 Å². The molecule has 0 radical (unpaired) electrons. The van der Waals surface area contributed by atoms with Gasteiger partial charge in [-0.05, 0) is 23.6 Å². The van der Waals surface area contributed by atoms with Crippen molar-refractivity contribution >= 4 is 27.9 Å². The zero-order valence-corrected chi connectivity index (χ0v) is 17.7. The van der Waals surface area contributed by atoms with E-state index < -0.39 is 0 Å². The van der Waals surface area contributed by atoms with Crippen LogP contribution in [0.5, 0.6) is 0 Å². The normalized spacial score (nSPS) is 13.3. The third-order valence-electron chi connectivity index (χ3n) is 6.08. The Hall–Kier alpha value is -3.93. The van der Waals surface area contributed by atoms with Crippen LogP contribution in [0, 0.1) is 0 Å². The Kier molecular flexibility index (Phi) is 4.55. The average molecular weight is 411 g/mol. The molecule has 2 aromatic heterocycles. The maximum atomic E-state index is 6.24. The van der Waals surface area contributed by atoms with Crippen LogP contribution in [0.1, 0.15) is 17.1 Å². The number of hydrogen-bond acceptors (Lipinski definition) is 4. The number of nitrogen functional groups attached to an aromatic ring is 1. The van der Waals surface area contributed by atoms with Crippen LogP contribution in [0.2, 0.25) is 0 Å². The lowest BCUT2D eigenvalue weighted by molar-refractivity contribution is 0.320. The molecule has 6 heteroatoms. The highest BCUT2D eigenvalue weighted by molar-refractivity contribution is 6.01. The van der Waals surface area contributed by atoms with Gasteiger partial charge in [-0.1, -0.05) is 43.5 Å². The summed E-state index contributed by atoms with van der Waals surface area (Å²) < 4.78 is 2.31. The lowest BCUT2D eigenvalue weighted by Gasteiger charge is -2.32. The second-order valence-electron chi connectivity index (χ2n) is 7.81. The Labute approximate surface area is 181 Å². The van der Waals surface area contributed by atoms with Gasteiger partial charge in [0.15, 0.2) is 0 Å². The summed E-state index contributed by atoms with van der Waals surface area (Å²) in [6, 6.07) is 16.3. The summed E-state index contributed by atoms with van der Waals surface area (Å²) in [7, 11) is 1.88. The smallest absolute Gasteiger partial charge is 0.141 e. The van der Waals surface area contributed by atoms with Gasteiger partial charge in [0.2, 0.25) is 0 Å². The van der Waals surface area contributed by atoms with E-state index in [1.807, 2.05) is 43.6 Å². The molecule has 1 aliphatic heterocycles. The highest BCUT2D eigenvalue weighted by Crippen LogP contribution is 2.35. The highest BCUT2D eigenvalue weighted by Gasteiger charge is 2.27. The van der Waals surface area contributed by atoms with Crippen LogP contribution in [-0.4, -0.2) is 33.0 Å². The van der Waals surface area contributed by atoms with E-state index in [4.69, 9.17) is 10.7 Å². The fourth-order valence-electron chi connectivity index (χ4n) is 4.37. The Morgan fingerprint density at radius 2 is 1.87 bits per heavy atom. The van der Waals surface area contributed by atoms with Crippen molar-refractivity contribution in [3.8, 4) is 11.4 Å². The molecule has 0 atom stereocenters. The van der Waals surface area contributed by atoms with Gasteiger partial charge in [-0.3, -0.25) is 0 Å². The fourth-order valence-corrected chi connectivity index (χ4v) is 4.37. The predicted molar refractivity (Wildman–Crippen MR) is 128 cm³/mol. The maximum absolute atomic E-state index is 6.24. The van der Waals surface area contributed by atoms with E-state index in [-0.39, 0.29) is 0 Å². The van der Waals surface area contributed by atoms with Gasteiger partial charge in [0, 0.05) is 43.0 Å². The molecular formula is C25H26N6. The van der Waals surface area contributed by atoms with Gasteiger partial charge in [-0.2, -0.15) is 0 Å². The fraction of sp³-hybridized carbons (Fsp3) is 0.160. The zero-order valence-electron chi connectivity index (χ0n) is 17.7. The first-order valence-electron chi connectivity index (χ1n) is 10.4. The number of hydrogen-bond donors (Lipinski definition) is 3. The molecule has 3 heterocycles. The predicted octanol–water partition coefficient (Wildman–Crippen LogP) is 4.29. The quantitative estimate of drug-likeness (QED) is 0.429. The molecule has 1 aliphatic rings. The molecule has 0 spiro atoms. The number of benzene rings is 2.